The molecule has 0 saturated carbocycles. The normalized spacial score (nSPS) is 13.3. The number of likely N-dealkylation sites (tertiary alicyclic amines) is 1. The molecule has 2 aromatic carbocycles. The van der Waals surface area contributed by atoms with Crippen LogP contribution in [0.2, 0.25) is 0 Å². The van der Waals surface area contributed by atoms with E-state index in [2.05, 4.69) is 10.6 Å². The summed E-state index contributed by atoms with van der Waals surface area (Å²) in [4.78, 5) is 26.8. The average molecular weight is 412 g/mol. The van der Waals surface area contributed by atoms with Crippen molar-refractivity contribution in [2.75, 3.05) is 18.4 Å². The molecule has 3 rings (SSSR count). The van der Waals surface area contributed by atoms with Gasteiger partial charge in [0.1, 0.15) is 5.75 Å². The number of carbonyl (C=O) groups excluding carboxylic acids is 2. The van der Waals surface area contributed by atoms with Crippen LogP contribution in [0, 0.1) is 0 Å². The Bertz CT molecular complexity index is 890. The van der Waals surface area contributed by atoms with E-state index in [9.17, 15) is 9.59 Å². The Balaban J connectivity index is 1.58. The first-order valence-electron chi connectivity index (χ1n) is 9.71. The molecule has 29 heavy (non-hydrogen) atoms. The highest BCUT2D eigenvalue weighted by atomic mass is 32.1. The van der Waals surface area contributed by atoms with Gasteiger partial charge in [-0.25, -0.2) is 0 Å². The summed E-state index contributed by atoms with van der Waals surface area (Å²) in [6.45, 7) is 5.48. The number of nitrogens with one attached hydrogen (secondary N) is 2. The van der Waals surface area contributed by atoms with E-state index in [0.29, 0.717) is 22.6 Å². The Morgan fingerprint density at radius 1 is 1.03 bits per heavy atom. The first kappa shape index (κ1) is 20.8. The van der Waals surface area contributed by atoms with Crippen molar-refractivity contribution in [3.63, 3.8) is 0 Å². The molecular weight excluding hydrogens is 386 g/mol. The molecule has 2 amide bonds. The minimum atomic E-state index is -0.317. The predicted octanol–water partition coefficient (Wildman–Crippen LogP) is 3.84. The molecule has 2 N–H and O–H groups in total. The van der Waals surface area contributed by atoms with Crippen molar-refractivity contribution < 1.29 is 14.3 Å². The van der Waals surface area contributed by atoms with Gasteiger partial charge in [-0.3, -0.25) is 14.9 Å². The average Bonchev–Trinajstić information content (AvgIpc) is 3.22. The number of thiocarbonyl (C=S) groups is 1. The molecule has 1 fully saturated rings. The molecule has 7 heteroatoms. The molecule has 1 aliphatic rings. The molecule has 1 saturated heterocycles. The molecule has 152 valence electrons. The van der Waals surface area contributed by atoms with Crippen LogP contribution in [0.3, 0.4) is 0 Å². The molecular formula is C22H25N3O3S. The minimum absolute atomic E-state index is 0.0183. The monoisotopic (exact) mass is 411 g/mol. The molecule has 1 aliphatic heterocycles. The second-order valence-electron chi connectivity index (χ2n) is 7.18. The van der Waals surface area contributed by atoms with Crippen LogP contribution in [0.4, 0.5) is 5.69 Å². The number of nitrogens with zero attached hydrogens (tertiary/aromatic N) is 1. The lowest BCUT2D eigenvalue weighted by atomic mass is 10.2. The lowest BCUT2D eigenvalue weighted by Crippen LogP contribution is -2.34. The number of anilines is 1. The van der Waals surface area contributed by atoms with E-state index in [4.69, 9.17) is 17.0 Å². The minimum Gasteiger partial charge on any atom is -0.491 e. The van der Waals surface area contributed by atoms with Crippen molar-refractivity contribution in [1.82, 2.24) is 10.2 Å². The molecule has 1 heterocycles. The van der Waals surface area contributed by atoms with Gasteiger partial charge in [-0.1, -0.05) is 6.07 Å². The second-order valence-corrected chi connectivity index (χ2v) is 7.59. The molecule has 0 unspecified atom stereocenters. The summed E-state index contributed by atoms with van der Waals surface area (Å²) in [7, 11) is 0. The Morgan fingerprint density at radius 2 is 1.72 bits per heavy atom. The molecule has 2 aromatic rings. The number of rotatable bonds is 5. The summed E-state index contributed by atoms with van der Waals surface area (Å²) < 4.78 is 5.58. The summed E-state index contributed by atoms with van der Waals surface area (Å²) in [5.41, 5.74) is 1.73. The van der Waals surface area contributed by atoms with E-state index in [1.807, 2.05) is 18.7 Å². The van der Waals surface area contributed by atoms with Crippen LogP contribution in [0.5, 0.6) is 5.75 Å². The van der Waals surface area contributed by atoms with Gasteiger partial charge in [0, 0.05) is 29.9 Å². The van der Waals surface area contributed by atoms with E-state index in [1.54, 1.807) is 48.5 Å². The SMILES string of the molecule is CC(C)Oc1ccc(C(=O)NC(=S)Nc2cccc(C(=O)N3CCCC3)c2)cc1. The highest BCUT2D eigenvalue weighted by molar-refractivity contribution is 7.80. The summed E-state index contributed by atoms with van der Waals surface area (Å²) in [5, 5.41) is 5.79. The number of hydrogen-bond donors (Lipinski definition) is 2. The fraction of sp³-hybridized carbons (Fsp3) is 0.318. The number of ether oxygens (including phenoxy) is 1. The molecule has 0 aromatic heterocycles. The first-order chi connectivity index (χ1) is 13.9. The van der Waals surface area contributed by atoms with Crippen LogP contribution in [0.15, 0.2) is 48.5 Å². The van der Waals surface area contributed by atoms with E-state index in [0.717, 1.165) is 25.9 Å². The standard InChI is InChI=1S/C22H25N3O3S/c1-15(2)28-19-10-8-16(9-11-19)20(26)24-22(29)23-18-7-5-6-17(14-18)21(27)25-12-3-4-13-25/h5-11,14-15H,3-4,12-13H2,1-2H3,(H2,23,24,26,29). The molecule has 0 spiro atoms. The maximum absolute atomic E-state index is 12.5. The zero-order valence-electron chi connectivity index (χ0n) is 16.6. The Kier molecular flexibility index (Phi) is 6.82. The van der Waals surface area contributed by atoms with Crippen molar-refractivity contribution in [2.45, 2.75) is 32.8 Å². The van der Waals surface area contributed by atoms with Gasteiger partial charge < -0.3 is 15.0 Å². The van der Waals surface area contributed by atoms with Gasteiger partial charge in [0.2, 0.25) is 0 Å². The number of benzene rings is 2. The zero-order chi connectivity index (χ0) is 20.8. The Hall–Kier alpha value is -2.93. The van der Waals surface area contributed by atoms with E-state index in [-0.39, 0.29) is 23.0 Å². The third kappa shape index (κ3) is 5.77. The van der Waals surface area contributed by atoms with Crippen LogP contribution < -0.4 is 15.4 Å². The van der Waals surface area contributed by atoms with Gasteiger partial charge in [0.25, 0.3) is 11.8 Å². The quantitative estimate of drug-likeness (QED) is 0.732. The maximum Gasteiger partial charge on any atom is 0.257 e. The van der Waals surface area contributed by atoms with Gasteiger partial charge in [-0.05, 0) is 81.4 Å². The smallest absolute Gasteiger partial charge is 0.257 e. The maximum atomic E-state index is 12.5. The number of hydrogen-bond acceptors (Lipinski definition) is 4. The van der Waals surface area contributed by atoms with Gasteiger partial charge in [-0.2, -0.15) is 0 Å². The van der Waals surface area contributed by atoms with E-state index in [1.165, 1.54) is 0 Å². The number of amides is 2. The molecule has 6 nitrogen and oxygen atoms in total. The molecule has 0 radical (unpaired) electrons. The largest absolute Gasteiger partial charge is 0.491 e. The van der Waals surface area contributed by atoms with Crippen LogP contribution in [-0.2, 0) is 0 Å². The zero-order valence-corrected chi connectivity index (χ0v) is 17.4. The second kappa shape index (κ2) is 9.52. The lowest BCUT2D eigenvalue weighted by Gasteiger charge is -2.16. The Labute approximate surface area is 176 Å². The third-order valence-corrected chi connectivity index (χ3v) is 4.68. The molecule has 0 atom stereocenters. The van der Waals surface area contributed by atoms with Crippen molar-refractivity contribution >= 4 is 34.8 Å². The third-order valence-electron chi connectivity index (χ3n) is 4.48. The topological polar surface area (TPSA) is 70.7 Å². The first-order valence-corrected chi connectivity index (χ1v) is 10.1. The van der Waals surface area contributed by atoms with Crippen molar-refractivity contribution in [1.29, 1.82) is 0 Å². The highest BCUT2D eigenvalue weighted by Crippen LogP contribution is 2.17. The Morgan fingerprint density at radius 3 is 2.38 bits per heavy atom. The van der Waals surface area contributed by atoms with Gasteiger partial charge in [0.15, 0.2) is 5.11 Å². The van der Waals surface area contributed by atoms with Gasteiger partial charge >= 0.3 is 0 Å². The van der Waals surface area contributed by atoms with Crippen LogP contribution in [0.1, 0.15) is 47.4 Å². The summed E-state index contributed by atoms with van der Waals surface area (Å²) in [5.74, 6) is 0.407. The van der Waals surface area contributed by atoms with Crippen LogP contribution >= 0.6 is 12.2 Å². The number of carbonyl (C=O) groups is 2. The summed E-state index contributed by atoms with van der Waals surface area (Å²) in [6, 6.07) is 14.0. The molecule has 0 bridgehead atoms. The van der Waals surface area contributed by atoms with Crippen LogP contribution in [0.25, 0.3) is 0 Å². The van der Waals surface area contributed by atoms with E-state index < -0.39 is 0 Å². The summed E-state index contributed by atoms with van der Waals surface area (Å²) in [6.07, 6.45) is 2.16. The van der Waals surface area contributed by atoms with Crippen LogP contribution in [-0.4, -0.2) is 41.0 Å². The fourth-order valence-corrected chi connectivity index (χ4v) is 3.34. The fourth-order valence-electron chi connectivity index (χ4n) is 3.13. The lowest BCUT2D eigenvalue weighted by molar-refractivity contribution is 0.0792. The van der Waals surface area contributed by atoms with Crippen molar-refractivity contribution in [2.24, 2.45) is 0 Å². The molecule has 0 aliphatic carbocycles. The van der Waals surface area contributed by atoms with Gasteiger partial charge in [0.05, 0.1) is 6.10 Å². The van der Waals surface area contributed by atoms with Crippen molar-refractivity contribution in [3.05, 3.63) is 59.7 Å². The highest BCUT2D eigenvalue weighted by Gasteiger charge is 2.19. The van der Waals surface area contributed by atoms with E-state index >= 15 is 0 Å². The summed E-state index contributed by atoms with van der Waals surface area (Å²) >= 11 is 5.25. The van der Waals surface area contributed by atoms with Gasteiger partial charge in [-0.15, -0.1) is 0 Å². The predicted molar refractivity (Wildman–Crippen MR) is 117 cm³/mol. The van der Waals surface area contributed by atoms with Crippen molar-refractivity contribution in [3.8, 4) is 5.75 Å².